The predicted molar refractivity (Wildman–Crippen MR) is 73.1 cm³/mol. The van der Waals surface area contributed by atoms with Gasteiger partial charge in [-0.2, -0.15) is 13.2 Å². The molecule has 11 heteroatoms. The summed E-state index contributed by atoms with van der Waals surface area (Å²) in [5, 5.41) is 22.2. The van der Waals surface area contributed by atoms with Crippen molar-refractivity contribution in [3.8, 4) is 0 Å². The zero-order valence-corrected chi connectivity index (χ0v) is 12.1. The molecule has 0 aliphatic heterocycles. The molecule has 0 N–H and O–H groups in total. The number of carbonyl (C=O) groups is 1. The molecule has 1 rings (SSSR count). The number of nitro groups is 2. The van der Waals surface area contributed by atoms with Gasteiger partial charge >= 0.3 is 17.6 Å². The Labute approximate surface area is 127 Å². The number of hydrogen-bond acceptors (Lipinski definition) is 5. The minimum Gasteiger partial charge on any atom is -0.301 e. The number of rotatable bonds is 5. The van der Waals surface area contributed by atoms with Gasteiger partial charge in [0.2, 0.25) is 11.6 Å². The van der Waals surface area contributed by atoms with Gasteiger partial charge in [0.1, 0.15) is 0 Å². The maximum Gasteiger partial charge on any atom is 0.416 e. The van der Waals surface area contributed by atoms with Crippen LogP contribution in [0, 0.1) is 20.2 Å². The van der Waals surface area contributed by atoms with Gasteiger partial charge in [-0.05, 0) is 6.92 Å². The fourth-order valence-corrected chi connectivity index (χ4v) is 1.97. The third-order valence-corrected chi connectivity index (χ3v) is 2.98. The number of nitrogens with zero attached hydrogens (tertiary/aromatic N) is 3. The van der Waals surface area contributed by atoms with Crippen LogP contribution in [0.25, 0.3) is 0 Å². The average Bonchev–Trinajstić information content (AvgIpc) is 2.45. The summed E-state index contributed by atoms with van der Waals surface area (Å²) in [7, 11) is 0. The van der Waals surface area contributed by atoms with Gasteiger partial charge in [-0.3, -0.25) is 25.0 Å². The molecule has 1 aromatic carbocycles. The number of hydrogen-bond donors (Lipinski definition) is 0. The molecular formula is C12H12F3N3O5. The maximum atomic E-state index is 12.8. The van der Waals surface area contributed by atoms with Gasteiger partial charge in [0, 0.05) is 25.1 Å². The van der Waals surface area contributed by atoms with Crippen LogP contribution in [-0.2, 0) is 11.0 Å². The lowest BCUT2D eigenvalue weighted by Gasteiger charge is -2.20. The van der Waals surface area contributed by atoms with Crippen molar-refractivity contribution in [2.24, 2.45) is 0 Å². The summed E-state index contributed by atoms with van der Waals surface area (Å²) in [5.74, 6) is -0.682. The quantitative estimate of drug-likeness (QED) is 0.606. The molecule has 8 nitrogen and oxygen atoms in total. The first-order chi connectivity index (χ1) is 10.5. The number of alkyl halides is 3. The van der Waals surface area contributed by atoms with Gasteiger partial charge in [-0.1, -0.05) is 6.92 Å². The molecule has 0 fully saturated rings. The molecule has 126 valence electrons. The first kappa shape index (κ1) is 18.3. The lowest BCUT2D eigenvalue weighted by atomic mass is 10.1. The van der Waals surface area contributed by atoms with Crippen molar-refractivity contribution < 1.29 is 27.8 Å². The standard InChI is InChI=1S/C12H12F3N3O5/c1-3-10(19)16(4-2)11-8(17(20)21)5-7(12(13,14)15)6-9(11)18(22)23/h5-6H,3-4H2,1-2H3. The lowest BCUT2D eigenvalue weighted by molar-refractivity contribution is -0.393. The van der Waals surface area contributed by atoms with Gasteiger partial charge in [0.15, 0.2) is 0 Å². The fourth-order valence-electron chi connectivity index (χ4n) is 1.97. The molecule has 0 aliphatic rings. The topological polar surface area (TPSA) is 107 Å². The van der Waals surface area contributed by atoms with E-state index in [4.69, 9.17) is 0 Å². The van der Waals surface area contributed by atoms with Crippen molar-refractivity contribution >= 4 is 23.0 Å². The van der Waals surface area contributed by atoms with Crippen LogP contribution >= 0.6 is 0 Å². The van der Waals surface area contributed by atoms with Crippen LogP contribution < -0.4 is 4.90 Å². The summed E-state index contributed by atoms with van der Waals surface area (Å²) < 4.78 is 38.4. The molecule has 0 aliphatic carbocycles. The van der Waals surface area contributed by atoms with Gasteiger partial charge < -0.3 is 4.90 Å². The van der Waals surface area contributed by atoms with E-state index in [1.54, 1.807) is 0 Å². The molecule has 0 saturated carbocycles. The van der Waals surface area contributed by atoms with Crippen molar-refractivity contribution in [2.75, 3.05) is 11.4 Å². The molecular weight excluding hydrogens is 323 g/mol. The summed E-state index contributed by atoms with van der Waals surface area (Å²) in [4.78, 5) is 32.4. The van der Waals surface area contributed by atoms with Crippen molar-refractivity contribution in [1.29, 1.82) is 0 Å². The molecule has 0 unspecified atom stereocenters. The Morgan fingerprint density at radius 2 is 1.57 bits per heavy atom. The fraction of sp³-hybridized carbons (Fsp3) is 0.417. The molecule has 1 aromatic rings. The molecule has 23 heavy (non-hydrogen) atoms. The molecule has 0 saturated heterocycles. The molecule has 1 amide bonds. The van der Waals surface area contributed by atoms with Crippen molar-refractivity contribution in [3.63, 3.8) is 0 Å². The Hall–Kier alpha value is -2.72. The van der Waals surface area contributed by atoms with Crippen LogP contribution in [0.2, 0.25) is 0 Å². The summed E-state index contributed by atoms with van der Waals surface area (Å²) in [6.45, 7) is 2.66. The summed E-state index contributed by atoms with van der Waals surface area (Å²) in [6, 6.07) is 0.377. The monoisotopic (exact) mass is 335 g/mol. The second-order valence-corrected chi connectivity index (χ2v) is 4.37. The Bertz CT molecular complexity index is 625. The van der Waals surface area contributed by atoms with Crippen LogP contribution in [-0.4, -0.2) is 22.3 Å². The molecule has 0 radical (unpaired) electrons. The SMILES string of the molecule is CCC(=O)N(CC)c1c([N+](=O)[O-])cc(C(F)(F)F)cc1[N+](=O)[O-]. The highest BCUT2D eigenvalue weighted by atomic mass is 19.4. The second-order valence-electron chi connectivity index (χ2n) is 4.37. The van der Waals surface area contributed by atoms with Gasteiger partial charge in [-0.15, -0.1) is 0 Å². The third-order valence-electron chi connectivity index (χ3n) is 2.98. The lowest BCUT2D eigenvalue weighted by Crippen LogP contribution is -2.31. The Morgan fingerprint density at radius 3 is 1.83 bits per heavy atom. The minimum atomic E-state index is -5.00. The predicted octanol–water partition coefficient (Wildman–Crippen LogP) is 3.28. The largest absolute Gasteiger partial charge is 0.416 e. The minimum absolute atomic E-state index is 0.122. The third kappa shape index (κ3) is 3.73. The molecule has 0 atom stereocenters. The Morgan fingerprint density at radius 1 is 1.13 bits per heavy atom. The van der Waals surface area contributed by atoms with Gasteiger partial charge in [0.05, 0.1) is 15.4 Å². The maximum absolute atomic E-state index is 12.8. The number of benzene rings is 1. The first-order valence-electron chi connectivity index (χ1n) is 6.38. The molecule has 0 bridgehead atoms. The van der Waals surface area contributed by atoms with Crippen molar-refractivity contribution in [3.05, 3.63) is 37.9 Å². The van der Waals surface area contributed by atoms with E-state index in [2.05, 4.69) is 0 Å². The van der Waals surface area contributed by atoms with E-state index in [-0.39, 0.29) is 25.1 Å². The van der Waals surface area contributed by atoms with E-state index in [0.29, 0.717) is 0 Å². The molecule has 0 aromatic heterocycles. The van der Waals surface area contributed by atoms with Gasteiger partial charge in [0.25, 0.3) is 0 Å². The average molecular weight is 335 g/mol. The summed E-state index contributed by atoms with van der Waals surface area (Å²) in [5.41, 5.74) is -4.56. The van der Waals surface area contributed by atoms with Crippen LogP contribution in [0.3, 0.4) is 0 Å². The van der Waals surface area contributed by atoms with Crippen LogP contribution in [0.15, 0.2) is 12.1 Å². The first-order valence-corrected chi connectivity index (χ1v) is 6.38. The second kappa shape index (κ2) is 6.58. The van der Waals surface area contributed by atoms with E-state index >= 15 is 0 Å². The summed E-state index contributed by atoms with van der Waals surface area (Å²) in [6.07, 6.45) is -5.12. The number of halogens is 3. The zero-order chi connectivity index (χ0) is 17.9. The van der Waals surface area contributed by atoms with Crippen LogP contribution in [0.1, 0.15) is 25.8 Å². The van der Waals surface area contributed by atoms with E-state index < -0.39 is 44.6 Å². The highest BCUT2D eigenvalue weighted by molar-refractivity contribution is 5.98. The highest BCUT2D eigenvalue weighted by Crippen LogP contribution is 2.43. The number of amides is 1. The molecule has 0 spiro atoms. The zero-order valence-electron chi connectivity index (χ0n) is 12.1. The Balaban J connectivity index is 3.82. The number of carbonyl (C=O) groups excluding carboxylic acids is 1. The van der Waals surface area contributed by atoms with E-state index in [1.807, 2.05) is 0 Å². The van der Waals surface area contributed by atoms with Gasteiger partial charge in [-0.25, -0.2) is 0 Å². The smallest absolute Gasteiger partial charge is 0.301 e. The molecule has 0 heterocycles. The normalized spacial score (nSPS) is 11.2. The van der Waals surface area contributed by atoms with E-state index in [0.717, 1.165) is 4.90 Å². The van der Waals surface area contributed by atoms with E-state index in [1.165, 1.54) is 13.8 Å². The van der Waals surface area contributed by atoms with Crippen LogP contribution in [0.5, 0.6) is 0 Å². The van der Waals surface area contributed by atoms with Crippen LogP contribution in [0.4, 0.5) is 30.2 Å². The van der Waals surface area contributed by atoms with Crippen molar-refractivity contribution in [2.45, 2.75) is 26.4 Å². The number of nitro benzene ring substituents is 2. The number of anilines is 1. The van der Waals surface area contributed by atoms with Crippen molar-refractivity contribution in [1.82, 2.24) is 0 Å². The summed E-state index contributed by atoms with van der Waals surface area (Å²) >= 11 is 0. The van der Waals surface area contributed by atoms with E-state index in [9.17, 15) is 38.2 Å². The highest BCUT2D eigenvalue weighted by Gasteiger charge is 2.39. The Kier molecular flexibility index (Phi) is 5.25.